The summed E-state index contributed by atoms with van der Waals surface area (Å²) in [5.41, 5.74) is 0.0842. The van der Waals surface area contributed by atoms with Crippen molar-refractivity contribution in [2.45, 2.75) is 18.9 Å². The zero-order chi connectivity index (χ0) is 21.3. The summed E-state index contributed by atoms with van der Waals surface area (Å²) in [6.07, 6.45) is 0.238. The number of methoxy groups -OCH3 is 1. The van der Waals surface area contributed by atoms with Gasteiger partial charge in [-0.15, -0.1) is 0 Å². The van der Waals surface area contributed by atoms with Crippen LogP contribution in [0.4, 0.5) is 10.5 Å². The number of benzene rings is 2. The van der Waals surface area contributed by atoms with Gasteiger partial charge in [-0.2, -0.15) is 0 Å². The molecule has 2 aliphatic rings. The molecule has 1 fully saturated rings. The van der Waals surface area contributed by atoms with Crippen LogP contribution in [0.25, 0.3) is 0 Å². The van der Waals surface area contributed by atoms with E-state index in [-0.39, 0.29) is 13.2 Å². The third-order valence-corrected chi connectivity index (χ3v) is 5.04. The van der Waals surface area contributed by atoms with Crippen molar-refractivity contribution in [3.63, 3.8) is 0 Å². The largest absolute Gasteiger partial charge is 0.496 e. The molecule has 1 atom stereocenters. The van der Waals surface area contributed by atoms with Crippen LogP contribution in [-0.4, -0.2) is 48.7 Å². The Bertz CT molecular complexity index is 1020. The van der Waals surface area contributed by atoms with Crippen LogP contribution in [0.5, 0.6) is 17.2 Å². The van der Waals surface area contributed by atoms with Gasteiger partial charge in [0.1, 0.15) is 17.8 Å². The van der Waals surface area contributed by atoms with Crippen molar-refractivity contribution in [1.29, 1.82) is 0 Å². The number of ether oxygens (including phenoxy) is 3. The Morgan fingerprint density at radius 3 is 2.77 bits per heavy atom. The molecule has 9 nitrogen and oxygen atoms in total. The minimum atomic E-state index is -1.18. The Kier molecular flexibility index (Phi) is 4.94. The SMILES string of the molecule is COc1ccccc1C[C@]1(C)NC(=O)N(CC(=O)Nc2ccc3c(c2)OCO3)C1=O. The average molecular weight is 411 g/mol. The molecule has 0 unspecified atom stereocenters. The molecule has 156 valence electrons. The molecule has 0 radical (unpaired) electrons. The molecule has 2 aliphatic heterocycles. The topological polar surface area (TPSA) is 106 Å². The zero-order valence-corrected chi connectivity index (χ0v) is 16.6. The fraction of sp³-hybridized carbons (Fsp3) is 0.286. The van der Waals surface area contributed by atoms with E-state index in [2.05, 4.69) is 10.6 Å². The van der Waals surface area contributed by atoms with Crippen molar-refractivity contribution in [2.75, 3.05) is 25.8 Å². The molecule has 2 aromatic rings. The highest BCUT2D eigenvalue weighted by Crippen LogP contribution is 2.34. The van der Waals surface area contributed by atoms with Crippen LogP contribution in [0.1, 0.15) is 12.5 Å². The van der Waals surface area contributed by atoms with Crippen molar-refractivity contribution in [3.05, 3.63) is 48.0 Å². The maximum Gasteiger partial charge on any atom is 0.325 e. The summed E-state index contributed by atoms with van der Waals surface area (Å²) in [5, 5.41) is 5.37. The summed E-state index contributed by atoms with van der Waals surface area (Å²) in [5.74, 6) is 0.763. The lowest BCUT2D eigenvalue weighted by Crippen LogP contribution is -2.46. The van der Waals surface area contributed by atoms with Gasteiger partial charge in [-0.3, -0.25) is 14.5 Å². The van der Waals surface area contributed by atoms with E-state index in [1.165, 1.54) is 0 Å². The first kappa shape index (κ1) is 19.6. The molecule has 30 heavy (non-hydrogen) atoms. The first-order valence-corrected chi connectivity index (χ1v) is 9.35. The van der Waals surface area contributed by atoms with E-state index in [0.717, 1.165) is 10.5 Å². The quantitative estimate of drug-likeness (QED) is 0.704. The molecule has 9 heteroatoms. The molecule has 0 spiro atoms. The van der Waals surface area contributed by atoms with Gasteiger partial charge < -0.3 is 24.8 Å². The molecule has 1 saturated heterocycles. The maximum absolute atomic E-state index is 13.0. The Balaban J connectivity index is 1.44. The summed E-state index contributed by atoms with van der Waals surface area (Å²) in [4.78, 5) is 38.8. The number of carbonyl (C=O) groups excluding carboxylic acids is 3. The minimum Gasteiger partial charge on any atom is -0.496 e. The van der Waals surface area contributed by atoms with Crippen LogP contribution in [0, 0.1) is 0 Å². The van der Waals surface area contributed by atoms with Gasteiger partial charge in [0.05, 0.1) is 7.11 Å². The normalized spacial score (nSPS) is 19.6. The van der Waals surface area contributed by atoms with Crippen LogP contribution in [0.3, 0.4) is 0 Å². The van der Waals surface area contributed by atoms with E-state index in [4.69, 9.17) is 14.2 Å². The number of urea groups is 1. The molecular formula is C21H21N3O6. The molecule has 2 aromatic carbocycles. The number of para-hydroxylation sites is 1. The Hall–Kier alpha value is -3.75. The second-order valence-electron chi connectivity index (χ2n) is 7.26. The highest BCUT2D eigenvalue weighted by atomic mass is 16.7. The average Bonchev–Trinajstić information content (AvgIpc) is 3.26. The number of amides is 4. The number of nitrogens with one attached hydrogen (secondary N) is 2. The fourth-order valence-corrected chi connectivity index (χ4v) is 3.56. The lowest BCUT2D eigenvalue weighted by Gasteiger charge is -2.22. The van der Waals surface area contributed by atoms with Crippen molar-refractivity contribution in [2.24, 2.45) is 0 Å². The molecular weight excluding hydrogens is 390 g/mol. The number of hydrogen-bond acceptors (Lipinski definition) is 6. The minimum absolute atomic E-state index is 0.125. The molecule has 4 rings (SSSR count). The smallest absolute Gasteiger partial charge is 0.325 e. The summed E-state index contributed by atoms with van der Waals surface area (Å²) in [6.45, 7) is 1.36. The van der Waals surface area contributed by atoms with Crippen molar-refractivity contribution in [3.8, 4) is 17.2 Å². The van der Waals surface area contributed by atoms with E-state index in [1.54, 1.807) is 38.3 Å². The highest BCUT2D eigenvalue weighted by Gasteiger charge is 2.48. The number of hydrogen-bond donors (Lipinski definition) is 2. The second kappa shape index (κ2) is 7.58. The second-order valence-corrected chi connectivity index (χ2v) is 7.26. The summed E-state index contributed by atoms with van der Waals surface area (Å²) >= 11 is 0. The zero-order valence-electron chi connectivity index (χ0n) is 16.6. The van der Waals surface area contributed by atoms with Crippen molar-refractivity contribution in [1.82, 2.24) is 10.2 Å². The van der Waals surface area contributed by atoms with Gasteiger partial charge in [0, 0.05) is 18.2 Å². The van der Waals surface area contributed by atoms with Crippen molar-refractivity contribution >= 4 is 23.5 Å². The molecule has 0 bridgehead atoms. The monoisotopic (exact) mass is 411 g/mol. The third kappa shape index (κ3) is 3.61. The van der Waals surface area contributed by atoms with Gasteiger partial charge in [0.25, 0.3) is 5.91 Å². The fourth-order valence-electron chi connectivity index (χ4n) is 3.56. The summed E-state index contributed by atoms with van der Waals surface area (Å²) < 4.78 is 15.8. The lowest BCUT2D eigenvalue weighted by molar-refractivity contribution is -0.133. The van der Waals surface area contributed by atoms with Gasteiger partial charge in [-0.05, 0) is 30.7 Å². The van der Waals surface area contributed by atoms with E-state index < -0.39 is 29.9 Å². The number of anilines is 1. The Morgan fingerprint density at radius 1 is 1.20 bits per heavy atom. The Labute approximate surface area is 172 Å². The highest BCUT2D eigenvalue weighted by molar-refractivity contribution is 6.10. The molecule has 2 heterocycles. The number of fused-ring (bicyclic) bond motifs is 1. The molecule has 0 aromatic heterocycles. The first-order valence-electron chi connectivity index (χ1n) is 9.35. The van der Waals surface area contributed by atoms with Crippen LogP contribution in [0.15, 0.2) is 42.5 Å². The predicted molar refractivity (Wildman–Crippen MR) is 107 cm³/mol. The van der Waals surface area contributed by atoms with Gasteiger partial charge in [-0.25, -0.2) is 4.79 Å². The maximum atomic E-state index is 13.0. The van der Waals surface area contributed by atoms with E-state index in [9.17, 15) is 14.4 Å². The molecule has 4 amide bonds. The number of imide groups is 1. The van der Waals surface area contributed by atoms with Gasteiger partial charge in [-0.1, -0.05) is 18.2 Å². The van der Waals surface area contributed by atoms with Crippen molar-refractivity contribution < 1.29 is 28.6 Å². The number of rotatable bonds is 6. The van der Waals surface area contributed by atoms with Gasteiger partial charge in [0.2, 0.25) is 12.7 Å². The number of carbonyl (C=O) groups is 3. The standard InChI is InChI=1S/C21H21N3O6/c1-21(10-13-5-3-4-6-15(13)28-2)19(26)24(20(27)23-21)11-18(25)22-14-7-8-16-17(9-14)30-12-29-16/h3-9H,10-12H2,1-2H3,(H,22,25)(H,23,27)/t21-/m0/s1. The predicted octanol–water partition coefficient (Wildman–Crippen LogP) is 1.92. The van der Waals surface area contributed by atoms with Crippen LogP contribution >= 0.6 is 0 Å². The first-order chi connectivity index (χ1) is 14.4. The van der Waals surface area contributed by atoms with Crippen LogP contribution in [0.2, 0.25) is 0 Å². The molecule has 2 N–H and O–H groups in total. The lowest BCUT2D eigenvalue weighted by atomic mass is 9.92. The van der Waals surface area contributed by atoms with Gasteiger partial charge in [0.15, 0.2) is 11.5 Å². The van der Waals surface area contributed by atoms with E-state index in [0.29, 0.717) is 22.9 Å². The van der Waals surface area contributed by atoms with Gasteiger partial charge >= 0.3 is 6.03 Å². The number of nitrogens with zero attached hydrogens (tertiary/aromatic N) is 1. The van der Waals surface area contributed by atoms with Crippen LogP contribution in [-0.2, 0) is 16.0 Å². The Morgan fingerprint density at radius 2 is 1.97 bits per heavy atom. The van der Waals surface area contributed by atoms with Crippen LogP contribution < -0.4 is 24.8 Å². The van der Waals surface area contributed by atoms with E-state index in [1.807, 2.05) is 18.2 Å². The van der Waals surface area contributed by atoms with E-state index >= 15 is 0 Å². The third-order valence-electron chi connectivity index (χ3n) is 5.04. The summed E-state index contributed by atoms with van der Waals surface area (Å²) in [6, 6.07) is 11.6. The molecule has 0 saturated carbocycles. The summed E-state index contributed by atoms with van der Waals surface area (Å²) in [7, 11) is 1.54. The molecule has 0 aliphatic carbocycles.